The Kier molecular flexibility index (Phi) is 2.92. The summed E-state index contributed by atoms with van der Waals surface area (Å²) in [4.78, 5) is 0. The van der Waals surface area contributed by atoms with Crippen molar-refractivity contribution in [2.24, 2.45) is 0 Å². The van der Waals surface area contributed by atoms with Crippen molar-refractivity contribution >= 4 is 28.2 Å². The van der Waals surface area contributed by atoms with E-state index in [1.54, 1.807) is 24.3 Å². The van der Waals surface area contributed by atoms with Crippen molar-refractivity contribution in [1.82, 2.24) is 0 Å². The van der Waals surface area contributed by atoms with Gasteiger partial charge in [-0.05, 0) is 17.2 Å². The zero-order chi connectivity index (χ0) is 8.27. The van der Waals surface area contributed by atoms with Gasteiger partial charge in [0.2, 0.25) is 5.29 Å². The summed E-state index contributed by atoms with van der Waals surface area (Å²) in [5, 5.41) is -0.926. The molecule has 0 aliphatic heterocycles. The van der Waals surface area contributed by atoms with E-state index in [1.165, 1.54) is 0 Å². The third-order valence-electron chi connectivity index (χ3n) is 1.19. The van der Waals surface area contributed by atoms with E-state index in [0.29, 0.717) is 5.56 Å². The average molecular weight is 191 g/mol. The van der Waals surface area contributed by atoms with Gasteiger partial charge in [0, 0.05) is 0 Å². The molecule has 0 saturated carbocycles. The molecule has 0 nitrogen and oxygen atoms in total. The molecule has 11 heavy (non-hydrogen) atoms. The Hall–Kier alpha value is -0.530. The second kappa shape index (κ2) is 3.74. The molecular weight excluding hydrogens is 186 g/mol. The Balaban J connectivity index is 3.04. The first-order valence-electron chi connectivity index (χ1n) is 2.98. The van der Waals surface area contributed by atoms with E-state index in [2.05, 4.69) is 0 Å². The van der Waals surface area contributed by atoms with Crippen LogP contribution in [-0.4, -0.2) is 0 Å². The van der Waals surface area contributed by atoms with Gasteiger partial charge < -0.3 is 0 Å². The maximum Gasteiger partial charge on any atom is 0.208 e. The van der Waals surface area contributed by atoms with E-state index in [1.807, 2.05) is 6.07 Å². The van der Waals surface area contributed by atoms with Crippen LogP contribution in [0, 0.1) is 0 Å². The van der Waals surface area contributed by atoms with E-state index in [4.69, 9.17) is 23.2 Å². The van der Waals surface area contributed by atoms with Gasteiger partial charge in [0.15, 0.2) is 0 Å². The van der Waals surface area contributed by atoms with Gasteiger partial charge in [-0.3, -0.25) is 0 Å². The van der Waals surface area contributed by atoms with Crippen molar-refractivity contribution in [3.8, 4) is 0 Å². The number of benzene rings is 1. The predicted molar refractivity (Wildman–Crippen MR) is 46.2 cm³/mol. The molecule has 0 unspecified atom stereocenters. The first-order valence-corrected chi connectivity index (χ1v) is 3.73. The second-order valence-electron chi connectivity index (χ2n) is 1.94. The zero-order valence-corrected chi connectivity index (χ0v) is 7.03. The van der Waals surface area contributed by atoms with Gasteiger partial charge in [-0.25, -0.2) is 0 Å². The van der Waals surface area contributed by atoms with Gasteiger partial charge >= 0.3 is 0 Å². The Morgan fingerprint density at radius 3 is 2.09 bits per heavy atom. The molecular formula is C8H5Cl2F. The summed E-state index contributed by atoms with van der Waals surface area (Å²) in [7, 11) is 0. The van der Waals surface area contributed by atoms with Crippen molar-refractivity contribution < 1.29 is 4.39 Å². The average Bonchev–Trinajstić information content (AvgIpc) is 2.05. The fraction of sp³-hybridized carbons (Fsp3) is 0. The van der Waals surface area contributed by atoms with Gasteiger partial charge in [-0.2, -0.15) is 4.39 Å². The van der Waals surface area contributed by atoms with E-state index in [0.717, 1.165) is 0 Å². The highest BCUT2D eigenvalue weighted by Crippen LogP contribution is 2.25. The van der Waals surface area contributed by atoms with Crippen LogP contribution in [0.5, 0.6) is 0 Å². The van der Waals surface area contributed by atoms with Crippen LogP contribution in [0.3, 0.4) is 0 Å². The molecule has 0 bridgehead atoms. The first-order chi connectivity index (χ1) is 5.22. The molecule has 1 aromatic rings. The third kappa shape index (κ3) is 2.21. The van der Waals surface area contributed by atoms with Crippen molar-refractivity contribution in [3.63, 3.8) is 0 Å². The summed E-state index contributed by atoms with van der Waals surface area (Å²) in [6.07, 6.45) is 0. The molecule has 0 saturated heterocycles. The summed E-state index contributed by atoms with van der Waals surface area (Å²) in [5.74, 6) is 0. The van der Waals surface area contributed by atoms with Gasteiger partial charge in [0.05, 0.1) is 5.03 Å². The Labute approximate surface area is 74.2 Å². The van der Waals surface area contributed by atoms with Crippen LogP contribution < -0.4 is 0 Å². The quantitative estimate of drug-likeness (QED) is 0.633. The SMILES string of the molecule is F/C(Cl)=C(\Cl)c1ccccc1. The van der Waals surface area contributed by atoms with Crippen LogP contribution in [-0.2, 0) is 0 Å². The molecule has 0 aromatic heterocycles. The summed E-state index contributed by atoms with van der Waals surface area (Å²) in [6.45, 7) is 0. The van der Waals surface area contributed by atoms with Gasteiger partial charge in [0.25, 0.3) is 0 Å². The summed E-state index contributed by atoms with van der Waals surface area (Å²) in [5.41, 5.74) is 0.585. The van der Waals surface area contributed by atoms with Crippen molar-refractivity contribution in [1.29, 1.82) is 0 Å². The van der Waals surface area contributed by atoms with Crippen LogP contribution in [0.25, 0.3) is 5.03 Å². The molecule has 0 heterocycles. The van der Waals surface area contributed by atoms with Gasteiger partial charge in [0.1, 0.15) is 0 Å². The molecule has 0 N–H and O–H groups in total. The molecule has 1 aromatic carbocycles. The highest BCUT2D eigenvalue weighted by atomic mass is 35.5. The molecule has 0 amide bonds. The van der Waals surface area contributed by atoms with Crippen molar-refractivity contribution in [2.45, 2.75) is 0 Å². The Morgan fingerprint density at radius 2 is 1.64 bits per heavy atom. The molecule has 3 heteroatoms. The molecule has 0 fully saturated rings. The largest absolute Gasteiger partial charge is 0.208 e. The topological polar surface area (TPSA) is 0 Å². The van der Waals surface area contributed by atoms with Crippen molar-refractivity contribution in [2.75, 3.05) is 0 Å². The van der Waals surface area contributed by atoms with Crippen LogP contribution >= 0.6 is 23.2 Å². The molecule has 0 aliphatic rings. The maximum atomic E-state index is 12.3. The lowest BCUT2D eigenvalue weighted by atomic mass is 10.2. The smallest absolute Gasteiger partial charge is 0.192 e. The van der Waals surface area contributed by atoms with Crippen LogP contribution in [0.2, 0.25) is 0 Å². The zero-order valence-electron chi connectivity index (χ0n) is 5.52. The predicted octanol–water partition coefficient (Wildman–Crippen LogP) is 3.76. The minimum absolute atomic E-state index is 0.0488. The number of halogens is 3. The highest BCUT2D eigenvalue weighted by molar-refractivity contribution is 6.54. The lowest BCUT2D eigenvalue weighted by Gasteiger charge is -1.95. The normalized spacial score (nSPS) is 12.6. The fourth-order valence-electron chi connectivity index (χ4n) is 0.694. The standard InChI is InChI=1S/C8H5Cl2F/c9-7(8(10)11)6-4-2-1-3-5-6/h1-5H/b8-7-. The van der Waals surface area contributed by atoms with Gasteiger partial charge in [-0.15, -0.1) is 0 Å². The molecule has 0 spiro atoms. The number of rotatable bonds is 1. The third-order valence-corrected chi connectivity index (χ3v) is 1.86. The Morgan fingerprint density at radius 1 is 1.09 bits per heavy atom. The monoisotopic (exact) mass is 190 g/mol. The summed E-state index contributed by atoms with van der Waals surface area (Å²) < 4.78 is 12.3. The van der Waals surface area contributed by atoms with Gasteiger partial charge in [-0.1, -0.05) is 41.9 Å². The van der Waals surface area contributed by atoms with Crippen LogP contribution in [0.15, 0.2) is 35.6 Å². The number of hydrogen-bond acceptors (Lipinski definition) is 0. The van der Waals surface area contributed by atoms with E-state index >= 15 is 0 Å². The Bertz CT molecular complexity index is 263. The van der Waals surface area contributed by atoms with E-state index in [9.17, 15) is 4.39 Å². The van der Waals surface area contributed by atoms with Crippen LogP contribution in [0.4, 0.5) is 4.39 Å². The lowest BCUT2D eigenvalue weighted by Crippen LogP contribution is -1.75. The highest BCUT2D eigenvalue weighted by Gasteiger charge is 2.01. The minimum atomic E-state index is -0.877. The molecule has 58 valence electrons. The molecule has 1 rings (SSSR count). The lowest BCUT2D eigenvalue weighted by molar-refractivity contribution is 0.700. The second-order valence-corrected chi connectivity index (χ2v) is 2.65. The molecule has 0 aliphatic carbocycles. The van der Waals surface area contributed by atoms with Crippen molar-refractivity contribution in [3.05, 3.63) is 41.2 Å². The number of hydrogen-bond donors (Lipinski definition) is 0. The van der Waals surface area contributed by atoms with Crippen LogP contribution in [0.1, 0.15) is 5.56 Å². The first kappa shape index (κ1) is 8.57. The summed E-state index contributed by atoms with van der Waals surface area (Å²) in [6, 6.07) is 8.71. The summed E-state index contributed by atoms with van der Waals surface area (Å²) >= 11 is 10.6. The fourth-order valence-corrected chi connectivity index (χ4v) is 0.929. The molecule has 0 radical (unpaired) electrons. The van der Waals surface area contributed by atoms with E-state index < -0.39 is 5.29 Å². The molecule has 0 atom stereocenters. The maximum absolute atomic E-state index is 12.3. The van der Waals surface area contributed by atoms with E-state index in [-0.39, 0.29) is 5.03 Å². The minimum Gasteiger partial charge on any atom is -0.192 e.